The number of carbonyl (C=O) groups is 2. The molecule has 2 rings (SSSR count). The molecular formula is C14H11Cl2N3O2S. The maximum Gasteiger partial charge on any atom is 0.329 e. The summed E-state index contributed by atoms with van der Waals surface area (Å²) in [7, 11) is 0. The van der Waals surface area contributed by atoms with E-state index in [0.29, 0.717) is 21.4 Å². The first-order valence-electron chi connectivity index (χ1n) is 6.11. The Hall–Kier alpha value is -1.89. The minimum atomic E-state index is -0.882. The molecule has 2 N–H and O–H groups in total. The highest BCUT2D eigenvalue weighted by Crippen LogP contribution is 2.22. The van der Waals surface area contributed by atoms with Gasteiger partial charge in [0.25, 0.3) is 0 Å². The van der Waals surface area contributed by atoms with E-state index in [2.05, 4.69) is 15.8 Å². The second-order valence-electron chi connectivity index (χ2n) is 4.23. The van der Waals surface area contributed by atoms with Gasteiger partial charge in [-0.1, -0.05) is 29.3 Å². The molecule has 5 nitrogen and oxygen atoms in total. The normalized spacial score (nSPS) is 11.1. The third-order valence-electron chi connectivity index (χ3n) is 2.53. The van der Waals surface area contributed by atoms with Crippen LogP contribution in [0.3, 0.4) is 0 Å². The van der Waals surface area contributed by atoms with E-state index in [0.717, 1.165) is 4.88 Å². The molecule has 0 bridgehead atoms. The van der Waals surface area contributed by atoms with Crippen LogP contribution >= 0.6 is 34.5 Å². The quantitative estimate of drug-likeness (QED) is 0.502. The van der Waals surface area contributed by atoms with Crippen molar-refractivity contribution in [3.8, 4) is 0 Å². The van der Waals surface area contributed by atoms with E-state index in [1.807, 2.05) is 17.5 Å². The highest BCUT2D eigenvalue weighted by atomic mass is 35.5. The first-order chi connectivity index (χ1) is 10.5. The number of halogens is 2. The lowest BCUT2D eigenvalue weighted by Gasteiger charge is -2.05. The summed E-state index contributed by atoms with van der Waals surface area (Å²) < 4.78 is 0. The van der Waals surface area contributed by atoms with E-state index in [-0.39, 0.29) is 0 Å². The number of anilines is 1. The van der Waals surface area contributed by atoms with Crippen molar-refractivity contribution < 1.29 is 9.59 Å². The number of thiophene rings is 1. The summed E-state index contributed by atoms with van der Waals surface area (Å²) in [6.45, 7) is 1.74. The van der Waals surface area contributed by atoms with E-state index in [1.165, 1.54) is 29.5 Å². The van der Waals surface area contributed by atoms with Crippen LogP contribution in [0.5, 0.6) is 0 Å². The SMILES string of the molecule is C/C(=N\NC(=O)C(=O)Nc1cc(Cl)cc(Cl)c1)c1cccs1. The smallest absolute Gasteiger partial charge is 0.318 e. The van der Waals surface area contributed by atoms with Crippen molar-refractivity contribution >= 4 is 57.8 Å². The topological polar surface area (TPSA) is 70.6 Å². The van der Waals surface area contributed by atoms with Crippen molar-refractivity contribution in [2.24, 2.45) is 5.10 Å². The molecule has 1 aromatic heterocycles. The third kappa shape index (κ3) is 4.56. The molecule has 0 fully saturated rings. The molecule has 114 valence electrons. The van der Waals surface area contributed by atoms with Crippen molar-refractivity contribution in [2.75, 3.05) is 5.32 Å². The Bertz CT molecular complexity index is 709. The molecule has 0 spiro atoms. The lowest BCUT2D eigenvalue weighted by Crippen LogP contribution is -2.32. The molecule has 1 aromatic carbocycles. The van der Waals surface area contributed by atoms with Crippen molar-refractivity contribution in [2.45, 2.75) is 6.92 Å². The fraction of sp³-hybridized carbons (Fsp3) is 0.0714. The Balaban J connectivity index is 1.98. The molecule has 0 atom stereocenters. The fourth-order valence-electron chi connectivity index (χ4n) is 1.54. The molecule has 2 aromatic rings. The standard InChI is InChI=1S/C14H11Cl2N3O2S/c1-8(12-3-2-4-22-12)18-19-14(21)13(20)17-11-6-9(15)5-10(16)7-11/h2-7H,1H3,(H,17,20)(H,19,21)/b18-8+. The predicted octanol–water partition coefficient (Wildman–Crippen LogP) is 3.53. The van der Waals surface area contributed by atoms with Crippen LogP contribution in [0.4, 0.5) is 5.69 Å². The highest BCUT2D eigenvalue weighted by Gasteiger charge is 2.14. The van der Waals surface area contributed by atoms with Crippen LogP contribution in [-0.4, -0.2) is 17.5 Å². The molecule has 0 aliphatic rings. The van der Waals surface area contributed by atoms with Crippen LogP contribution in [0.15, 0.2) is 40.8 Å². The van der Waals surface area contributed by atoms with Gasteiger partial charge in [-0.05, 0) is 36.6 Å². The van der Waals surface area contributed by atoms with Gasteiger partial charge in [-0.3, -0.25) is 9.59 Å². The first-order valence-corrected chi connectivity index (χ1v) is 7.75. The third-order valence-corrected chi connectivity index (χ3v) is 3.94. The average molecular weight is 356 g/mol. The molecule has 0 aliphatic carbocycles. The minimum absolute atomic E-state index is 0.330. The summed E-state index contributed by atoms with van der Waals surface area (Å²) in [6, 6.07) is 8.23. The Morgan fingerprint density at radius 1 is 1.14 bits per heavy atom. The van der Waals surface area contributed by atoms with E-state index in [1.54, 1.807) is 6.92 Å². The monoisotopic (exact) mass is 355 g/mol. The number of hydrogen-bond acceptors (Lipinski definition) is 4. The molecule has 0 saturated carbocycles. The number of carbonyl (C=O) groups excluding carboxylic acids is 2. The molecule has 22 heavy (non-hydrogen) atoms. The summed E-state index contributed by atoms with van der Waals surface area (Å²) in [5, 5.41) is 8.88. The number of amides is 2. The Labute approximate surface area is 140 Å². The zero-order valence-corrected chi connectivity index (χ0v) is 13.7. The van der Waals surface area contributed by atoms with Gasteiger partial charge in [0.15, 0.2) is 0 Å². The summed E-state index contributed by atoms with van der Waals surface area (Å²) in [5.41, 5.74) is 3.14. The first kappa shape index (κ1) is 16.5. The van der Waals surface area contributed by atoms with Crippen molar-refractivity contribution in [3.05, 3.63) is 50.6 Å². The van der Waals surface area contributed by atoms with Gasteiger partial charge in [0.2, 0.25) is 0 Å². The van der Waals surface area contributed by atoms with Crippen LogP contribution in [0.25, 0.3) is 0 Å². The van der Waals surface area contributed by atoms with Gasteiger partial charge in [0.05, 0.1) is 5.71 Å². The Morgan fingerprint density at radius 2 is 1.82 bits per heavy atom. The van der Waals surface area contributed by atoms with Gasteiger partial charge < -0.3 is 5.32 Å². The lowest BCUT2D eigenvalue weighted by molar-refractivity contribution is -0.136. The van der Waals surface area contributed by atoms with E-state index >= 15 is 0 Å². The van der Waals surface area contributed by atoms with E-state index in [4.69, 9.17) is 23.2 Å². The van der Waals surface area contributed by atoms with Crippen molar-refractivity contribution in [1.29, 1.82) is 0 Å². The number of rotatable bonds is 3. The van der Waals surface area contributed by atoms with Gasteiger partial charge in [-0.2, -0.15) is 5.10 Å². The summed E-state index contributed by atoms with van der Waals surface area (Å²) in [4.78, 5) is 24.4. The van der Waals surface area contributed by atoms with Gasteiger partial charge in [-0.15, -0.1) is 11.3 Å². The van der Waals surface area contributed by atoms with Crippen molar-refractivity contribution in [3.63, 3.8) is 0 Å². The van der Waals surface area contributed by atoms with Crippen LogP contribution in [0.1, 0.15) is 11.8 Å². The van der Waals surface area contributed by atoms with Crippen LogP contribution in [-0.2, 0) is 9.59 Å². The average Bonchev–Trinajstić information content (AvgIpc) is 2.97. The molecular weight excluding hydrogens is 345 g/mol. The molecule has 0 unspecified atom stereocenters. The summed E-state index contributed by atoms with van der Waals surface area (Å²) in [6.07, 6.45) is 0. The number of hydrogen-bond donors (Lipinski definition) is 2. The molecule has 1 heterocycles. The number of nitrogens with one attached hydrogen (secondary N) is 2. The number of benzene rings is 1. The fourth-order valence-corrected chi connectivity index (χ4v) is 2.74. The highest BCUT2D eigenvalue weighted by molar-refractivity contribution is 7.12. The lowest BCUT2D eigenvalue weighted by atomic mass is 10.3. The zero-order valence-electron chi connectivity index (χ0n) is 11.4. The summed E-state index contributed by atoms with van der Waals surface area (Å²) >= 11 is 13.1. The Morgan fingerprint density at radius 3 is 2.41 bits per heavy atom. The second-order valence-corrected chi connectivity index (χ2v) is 6.05. The molecule has 8 heteroatoms. The molecule has 0 radical (unpaired) electrons. The second kappa shape index (κ2) is 7.40. The minimum Gasteiger partial charge on any atom is -0.318 e. The van der Waals surface area contributed by atoms with Crippen LogP contribution < -0.4 is 10.7 Å². The Kier molecular flexibility index (Phi) is 5.54. The molecule has 2 amide bonds. The largest absolute Gasteiger partial charge is 0.329 e. The zero-order chi connectivity index (χ0) is 16.1. The van der Waals surface area contributed by atoms with Gasteiger partial charge in [0.1, 0.15) is 0 Å². The van der Waals surface area contributed by atoms with E-state index < -0.39 is 11.8 Å². The van der Waals surface area contributed by atoms with Crippen LogP contribution in [0.2, 0.25) is 10.0 Å². The number of nitrogens with zero attached hydrogens (tertiary/aromatic N) is 1. The van der Waals surface area contributed by atoms with E-state index in [9.17, 15) is 9.59 Å². The molecule has 0 saturated heterocycles. The maximum atomic E-state index is 11.8. The molecule has 0 aliphatic heterocycles. The predicted molar refractivity (Wildman–Crippen MR) is 89.8 cm³/mol. The van der Waals surface area contributed by atoms with Crippen LogP contribution in [0, 0.1) is 0 Å². The summed E-state index contributed by atoms with van der Waals surface area (Å²) in [5.74, 6) is -1.74. The van der Waals surface area contributed by atoms with Gasteiger partial charge in [0, 0.05) is 20.6 Å². The maximum absolute atomic E-state index is 11.8. The van der Waals surface area contributed by atoms with Gasteiger partial charge in [-0.25, -0.2) is 5.43 Å². The van der Waals surface area contributed by atoms with Gasteiger partial charge >= 0.3 is 11.8 Å². The number of hydrazone groups is 1. The van der Waals surface area contributed by atoms with Crippen molar-refractivity contribution in [1.82, 2.24) is 5.43 Å².